The number of aryl methyl sites for hydroxylation is 3. The molecule has 146 valence electrons. The number of rotatable bonds is 2. The molecule has 0 bridgehead atoms. The fraction of sp³-hybridized carbons (Fsp3) is 0.429. The third-order valence-electron chi connectivity index (χ3n) is 5.64. The SMILES string of the molecule is Cc1cccc(C)c1-n1c(C)nc2nc(N3CCC(C)CC3)[nH]c(=O)c2c1=S. The van der Waals surface area contributed by atoms with Crippen molar-refractivity contribution in [1.29, 1.82) is 0 Å². The predicted octanol–water partition coefficient (Wildman–Crippen LogP) is 4.00. The van der Waals surface area contributed by atoms with Crippen LogP contribution >= 0.6 is 12.2 Å². The number of anilines is 1. The van der Waals surface area contributed by atoms with Gasteiger partial charge in [-0.3, -0.25) is 14.3 Å². The molecule has 0 atom stereocenters. The molecule has 1 fully saturated rings. The van der Waals surface area contributed by atoms with Gasteiger partial charge in [-0.1, -0.05) is 37.3 Å². The fourth-order valence-corrected chi connectivity index (χ4v) is 4.38. The molecule has 0 unspecified atom stereocenters. The third-order valence-corrected chi connectivity index (χ3v) is 6.03. The molecule has 4 rings (SSSR count). The van der Waals surface area contributed by atoms with Crippen molar-refractivity contribution in [2.24, 2.45) is 5.92 Å². The Kier molecular flexibility index (Phi) is 4.79. The third kappa shape index (κ3) is 3.13. The summed E-state index contributed by atoms with van der Waals surface area (Å²) in [6.45, 7) is 10.0. The molecular weight excluding hydrogens is 370 g/mol. The molecule has 1 aliphatic heterocycles. The molecule has 2 aromatic heterocycles. The number of nitrogens with zero attached hydrogens (tertiary/aromatic N) is 4. The topological polar surface area (TPSA) is 66.8 Å². The van der Waals surface area contributed by atoms with Gasteiger partial charge in [0.2, 0.25) is 5.95 Å². The molecule has 0 aliphatic carbocycles. The van der Waals surface area contributed by atoms with E-state index in [1.807, 2.05) is 43.5 Å². The van der Waals surface area contributed by atoms with Gasteiger partial charge in [-0.2, -0.15) is 4.98 Å². The van der Waals surface area contributed by atoms with E-state index >= 15 is 0 Å². The van der Waals surface area contributed by atoms with E-state index in [0.29, 0.717) is 27.5 Å². The lowest BCUT2D eigenvalue weighted by Crippen LogP contribution is -2.35. The minimum absolute atomic E-state index is 0.226. The molecule has 0 radical (unpaired) electrons. The second kappa shape index (κ2) is 7.13. The molecule has 0 saturated carbocycles. The second-order valence-corrected chi connectivity index (χ2v) is 8.18. The Morgan fingerprint density at radius 2 is 1.75 bits per heavy atom. The van der Waals surface area contributed by atoms with Gasteiger partial charge in [-0.15, -0.1) is 0 Å². The van der Waals surface area contributed by atoms with Gasteiger partial charge in [0.1, 0.15) is 15.9 Å². The Morgan fingerprint density at radius 3 is 2.39 bits per heavy atom. The maximum Gasteiger partial charge on any atom is 0.264 e. The first kappa shape index (κ1) is 18.8. The van der Waals surface area contributed by atoms with Gasteiger partial charge >= 0.3 is 0 Å². The first-order valence-corrected chi connectivity index (χ1v) is 10.1. The number of nitrogens with one attached hydrogen (secondary N) is 1. The van der Waals surface area contributed by atoms with E-state index in [9.17, 15) is 4.79 Å². The lowest BCUT2D eigenvalue weighted by molar-refractivity contribution is 0.434. The maximum atomic E-state index is 12.9. The van der Waals surface area contributed by atoms with Crippen LogP contribution in [0.1, 0.15) is 36.7 Å². The normalized spacial score (nSPS) is 15.4. The minimum Gasteiger partial charge on any atom is -0.342 e. The minimum atomic E-state index is -0.226. The predicted molar refractivity (Wildman–Crippen MR) is 115 cm³/mol. The molecule has 1 aromatic carbocycles. The lowest BCUT2D eigenvalue weighted by Gasteiger charge is -2.30. The number of H-pyrrole nitrogens is 1. The number of hydrogen-bond acceptors (Lipinski definition) is 5. The average molecular weight is 396 g/mol. The molecule has 6 nitrogen and oxygen atoms in total. The van der Waals surface area contributed by atoms with E-state index in [4.69, 9.17) is 12.2 Å². The Hall–Kier alpha value is -2.54. The van der Waals surface area contributed by atoms with E-state index < -0.39 is 0 Å². The van der Waals surface area contributed by atoms with Crippen LogP contribution in [-0.4, -0.2) is 32.6 Å². The summed E-state index contributed by atoms with van der Waals surface area (Å²) in [5.74, 6) is 2.03. The van der Waals surface area contributed by atoms with E-state index in [0.717, 1.165) is 48.6 Å². The average Bonchev–Trinajstić information content (AvgIpc) is 2.64. The number of para-hydroxylation sites is 1. The van der Waals surface area contributed by atoms with Crippen LogP contribution in [0.4, 0.5) is 5.95 Å². The van der Waals surface area contributed by atoms with Gasteiger partial charge in [-0.25, -0.2) is 4.98 Å². The summed E-state index contributed by atoms with van der Waals surface area (Å²) in [6, 6.07) is 6.09. The maximum absolute atomic E-state index is 12.9. The molecule has 3 aromatic rings. The second-order valence-electron chi connectivity index (χ2n) is 7.80. The van der Waals surface area contributed by atoms with Crippen molar-refractivity contribution in [3.05, 3.63) is 50.1 Å². The summed E-state index contributed by atoms with van der Waals surface area (Å²) in [4.78, 5) is 27.4. The Labute approximate surface area is 169 Å². The monoisotopic (exact) mass is 395 g/mol. The van der Waals surface area contributed by atoms with Crippen molar-refractivity contribution in [3.8, 4) is 5.69 Å². The van der Waals surface area contributed by atoms with Gasteiger partial charge in [0, 0.05) is 13.1 Å². The van der Waals surface area contributed by atoms with Crippen LogP contribution in [0.3, 0.4) is 0 Å². The number of benzene rings is 1. The zero-order valence-electron chi connectivity index (χ0n) is 16.7. The smallest absolute Gasteiger partial charge is 0.264 e. The van der Waals surface area contributed by atoms with Crippen molar-refractivity contribution >= 4 is 29.2 Å². The standard InChI is InChI=1S/C21H25N5OS/c1-12-8-10-25(11-9-12)21-23-18-16(19(27)24-21)20(28)26(15(4)22-18)17-13(2)6-5-7-14(17)3/h5-7,12H,8-11H2,1-4H3,(H,23,24,27). The van der Waals surface area contributed by atoms with E-state index in [2.05, 4.69) is 26.8 Å². The van der Waals surface area contributed by atoms with Crippen LogP contribution in [0.15, 0.2) is 23.0 Å². The highest BCUT2D eigenvalue weighted by atomic mass is 32.1. The first-order valence-electron chi connectivity index (χ1n) is 9.72. The Balaban J connectivity index is 1.91. The molecule has 1 saturated heterocycles. The highest BCUT2D eigenvalue weighted by Crippen LogP contribution is 2.24. The summed E-state index contributed by atoms with van der Waals surface area (Å²) in [5.41, 5.74) is 3.35. The van der Waals surface area contributed by atoms with Crippen LogP contribution in [0.2, 0.25) is 0 Å². The van der Waals surface area contributed by atoms with Gasteiger partial charge in [0.05, 0.1) is 5.69 Å². The van der Waals surface area contributed by atoms with Crippen molar-refractivity contribution < 1.29 is 0 Å². The van der Waals surface area contributed by atoms with Gasteiger partial charge in [0.25, 0.3) is 5.56 Å². The molecule has 1 aliphatic rings. The van der Waals surface area contributed by atoms with Gasteiger partial charge in [-0.05, 0) is 50.7 Å². The molecule has 3 heterocycles. The van der Waals surface area contributed by atoms with Gasteiger partial charge in [0.15, 0.2) is 5.65 Å². The Morgan fingerprint density at radius 1 is 1.11 bits per heavy atom. The molecular formula is C21H25N5OS. The summed E-state index contributed by atoms with van der Waals surface area (Å²) < 4.78 is 2.34. The molecule has 1 N–H and O–H groups in total. The summed E-state index contributed by atoms with van der Waals surface area (Å²) in [5, 5.41) is 0.373. The number of aromatic amines is 1. The van der Waals surface area contributed by atoms with Crippen LogP contribution in [0.5, 0.6) is 0 Å². The molecule has 28 heavy (non-hydrogen) atoms. The van der Waals surface area contributed by atoms with Crippen LogP contribution in [-0.2, 0) is 0 Å². The Bertz CT molecular complexity index is 1150. The quantitative estimate of drug-likeness (QED) is 0.665. The fourth-order valence-electron chi connectivity index (χ4n) is 3.98. The zero-order valence-corrected chi connectivity index (χ0v) is 17.6. The number of piperidine rings is 1. The van der Waals surface area contributed by atoms with Crippen LogP contribution < -0.4 is 10.5 Å². The summed E-state index contributed by atoms with van der Waals surface area (Å²) in [6.07, 6.45) is 2.20. The number of hydrogen-bond donors (Lipinski definition) is 1. The van der Waals surface area contributed by atoms with E-state index in [1.54, 1.807) is 0 Å². The molecule has 0 amide bonds. The molecule has 0 spiro atoms. The van der Waals surface area contributed by atoms with Crippen LogP contribution in [0.25, 0.3) is 16.7 Å². The first-order chi connectivity index (χ1) is 13.4. The van der Waals surface area contributed by atoms with Gasteiger partial charge < -0.3 is 4.90 Å². The van der Waals surface area contributed by atoms with E-state index in [1.165, 1.54) is 0 Å². The summed E-state index contributed by atoms with van der Waals surface area (Å²) >= 11 is 5.73. The van der Waals surface area contributed by atoms with Crippen molar-refractivity contribution in [1.82, 2.24) is 19.5 Å². The van der Waals surface area contributed by atoms with Crippen molar-refractivity contribution in [2.75, 3.05) is 18.0 Å². The highest BCUT2D eigenvalue weighted by Gasteiger charge is 2.20. The molecule has 7 heteroatoms. The van der Waals surface area contributed by atoms with Crippen LogP contribution in [0, 0.1) is 31.3 Å². The lowest BCUT2D eigenvalue weighted by atomic mass is 10.00. The summed E-state index contributed by atoms with van der Waals surface area (Å²) in [7, 11) is 0. The van der Waals surface area contributed by atoms with Crippen molar-refractivity contribution in [3.63, 3.8) is 0 Å². The highest BCUT2D eigenvalue weighted by molar-refractivity contribution is 7.71. The van der Waals surface area contributed by atoms with E-state index in [-0.39, 0.29) is 5.56 Å². The largest absolute Gasteiger partial charge is 0.342 e. The number of aromatic nitrogens is 4. The number of fused-ring (bicyclic) bond motifs is 1. The zero-order chi connectivity index (χ0) is 20.0. The van der Waals surface area contributed by atoms with Crippen molar-refractivity contribution in [2.45, 2.75) is 40.5 Å².